The van der Waals surface area contributed by atoms with Crippen LogP contribution in [-0.4, -0.2) is 28.4 Å². The Hall–Kier alpha value is -2.14. The van der Waals surface area contributed by atoms with Gasteiger partial charge in [0.05, 0.1) is 12.2 Å². The maximum Gasteiger partial charge on any atom is 0.254 e. The van der Waals surface area contributed by atoms with Gasteiger partial charge in [-0.15, -0.1) is 0 Å². The van der Waals surface area contributed by atoms with E-state index in [2.05, 4.69) is 38.2 Å². The van der Waals surface area contributed by atoms with Crippen molar-refractivity contribution in [2.24, 2.45) is 0 Å². The van der Waals surface area contributed by atoms with Gasteiger partial charge in [-0.05, 0) is 18.4 Å². The number of nitrogens with one attached hydrogen (secondary N) is 1. The molecule has 3 rings (SSSR count). The van der Waals surface area contributed by atoms with Crippen LogP contribution in [0.5, 0.6) is 0 Å². The smallest absolute Gasteiger partial charge is 0.254 e. The summed E-state index contributed by atoms with van der Waals surface area (Å²) in [4.78, 5) is 12.4. The van der Waals surface area contributed by atoms with Crippen LogP contribution in [0.25, 0.3) is 0 Å². The molecule has 1 atom stereocenters. The molecule has 1 aromatic heterocycles. The lowest BCUT2D eigenvalue weighted by Gasteiger charge is -2.14. The molecule has 1 saturated heterocycles. The lowest BCUT2D eigenvalue weighted by molar-refractivity contribution is -0.124. The second-order valence-electron chi connectivity index (χ2n) is 7.30. The highest BCUT2D eigenvalue weighted by Crippen LogP contribution is 2.25. The Morgan fingerprint density at radius 2 is 2.08 bits per heavy atom. The Labute approximate surface area is 143 Å². The molecule has 0 bridgehead atoms. The van der Waals surface area contributed by atoms with Gasteiger partial charge in [-0.25, -0.2) is 4.68 Å². The lowest BCUT2D eigenvalue weighted by Crippen LogP contribution is -2.28. The first-order valence-corrected chi connectivity index (χ1v) is 8.48. The van der Waals surface area contributed by atoms with Crippen LogP contribution in [0.15, 0.2) is 36.4 Å². The number of hydrogen-bond acceptors (Lipinski definition) is 3. The van der Waals surface area contributed by atoms with E-state index < -0.39 is 0 Å². The van der Waals surface area contributed by atoms with Crippen molar-refractivity contribution in [3.05, 3.63) is 47.7 Å². The van der Waals surface area contributed by atoms with Gasteiger partial charge in [0.25, 0.3) is 5.91 Å². The molecule has 1 N–H and O–H groups in total. The van der Waals surface area contributed by atoms with Gasteiger partial charge in [-0.3, -0.25) is 4.79 Å². The van der Waals surface area contributed by atoms with E-state index in [-0.39, 0.29) is 17.4 Å². The molecule has 0 unspecified atom stereocenters. The summed E-state index contributed by atoms with van der Waals surface area (Å²) in [6.45, 7) is 7.64. The standard InChI is InChI=1S/C19H25N3O2/c1-19(2,3)16-12-17(20-18(23)15-10-7-11-24-15)22(21-16)13-14-8-5-4-6-9-14/h4-6,8-9,12,15H,7,10-11,13H2,1-3H3,(H,20,23)/t15-/m0/s1. The molecule has 0 radical (unpaired) electrons. The number of anilines is 1. The highest BCUT2D eigenvalue weighted by atomic mass is 16.5. The first kappa shape index (κ1) is 16.7. The number of carbonyl (C=O) groups excluding carboxylic acids is 1. The van der Waals surface area contributed by atoms with Gasteiger partial charge in [0, 0.05) is 18.1 Å². The molecule has 1 aliphatic rings. The Morgan fingerprint density at radius 1 is 1.33 bits per heavy atom. The molecule has 2 heterocycles. The fourth-order valence-corrected chi connectivity index (χ4v) is 2.75. The summed E-state index contributed by atoms with van der Waals surface area (Å²) in [5.74, 6) is 0.645. The number of hydrogen-bond donors (Lipinski definition) is 1. The van der Waals surface area contributed by atoms with Gasteiger partial charge in [0.15, 0.2) is 0 Å². The summed E-state index contributed by atoms with van der Waals surface area (Å²) in [7, 11) is 0. The molecule has 0 spiro atoms. The zero-order valence-corrected chi connectivity index (χ0v) is 14.6. The average Bonchev–Trinajstić information content (AvgIpc) is 3.18. The first-order valence-electron chi connectivity index (χ1n) is 8.48. The topological polar surface area (TPSA) is 56.1 Å². The highest BCUT2D eigenvalue weighted by molar-refractivity contribution is 5.93. The van der Waals surface area contributed by atoms with Crippen LogP contribution in [0.3, 0.4) is 0 Å². The SMILES string of the molecule is CC(C)(C)c1cc(NC(=O)[C@@H]2CCCO2)n(Cc2ccccc2)n1. The minimum Gasteiger partial charge on any atom is -0.368 e. The maximum atomic E-state index is 12.4. The zero-order valence-electron chi connectivity index (χ0n) is 14.6. The van der Waals surface area contributed by atoms with Crippen LogP contribution in [0.4, 0.5) is 5.82 Å². The second-order valence-corrected chi connectivity index (χ2v) is 7.30. The van der Waals surface area contributed by atoms with Crippen LogP contribution in [0, 0.1) is 0 Å². The highest BCUT2D eigenvalue weighted by Gasteiger charge is 2.26. The van der Waals surface area contributed by atoms with Gasteiger partial charge >= 0.3 is 0 Å². The molecule has 2 aromatic rings. The van der Waals surface area contributed by atoms with Gasteiger partial charge in [0.1, 0.15) is 11.9 Å². The molecule has 5 nitrogen and oxygen atoms in total. The van der Waals surface area contributed by atoms with Crippen molar-refractivity contribution in [1.29, 1.82) is 0 Å². The Morgan fingerprint density at radius 3 is 2.71 bits per heavy atom. The third kappa shape index (κ3) is 3.85. The Kier molecular flexibility index (Phi) is 4.71. The summed E-state index contributed by atoms with van der Waals surface area (Å²) >= 11 is 0. The molecule has 1 amide bonds. The van der Waals surface area contributed by atoms with Gasteiger partial charge in [-0.1, -0.05) is 51.1 Å². The van der Waals surface area contributed by atoms with Gasteiger partial charge < -0.3 is 10.1 Å². The lowest BCUT2D eigenvalue weighted by atomic mass is 9.92. The Bertz CT molecular complexity index is 695. The van der Waals surface area contributed by atoms with E-state index in [1.54, 1.807) is 0 Å². The normalized spacial score (nSPS) is 17.9. The number of ether oxygens (including phenoxy) is 1. The van der Waals surface area contributed by atoms with Crippen LogP contribution >= 0.6 is 0 Å². The predicted molar refractivity (Wildman–Crippen MR) is 94.1 cm³/mol. The van der Waals surface area contributed by atoms with Crippen molar-refractivity contribution < 1.29 is 9.53 Å². The van der Waals surface area contributed by atoms with Crippen LogP contribution in [0.1, 0.15) is 44.9 Å². The summed E-state index contributed by atoms with van der Waals surface area (Å²) in [5, 5.41) is 7.72. The van der Waals surface area contributed by atoms with E-state index in [9.17, 15) is 4.79 Å². The average molecular weight is 327 g/mol. The van der Waals surface area contributed by atoms with Crippen molar-refractivity contribution in [3.63, 3.8) is 0 Å². The molecule has 24 heavy (non-hydrogen) atoms. The number of carbonyl (C=O) groups is 1. The fourth-order valence-electron chi connectivity index (χ4n) is 2.75. The second kappa shape index (κ2) is 6.77. The minimum atomic E-state index is -0.344. The maximum absolute atomic E-state index is 12.4. The van der Waals surface area contributed by atoms with Gasteiger partial charge in [0.2, 0.25) is 0 Å². The quantitative estimate of drug-likeness (QED) is 0.937. The van der Waals surface area contributed by atoms with Crippen molar-refractivity contribution in [2.75, 3.05) is 11.9 Å². The number of amides is 1. The van der Waals surface area contributed by atoms with E-state index in [0.717, 1.165) is 29.9 Å². The fraction of sp³-hybridized carbons (Fsp3) is 0.474. The van der Waals surface area contributed by atoms with Crippen molar-refractivity contribution in [2.45, 2.75) is 51.7 Å². The van der Waals surface area contributed by atoms with E-state index in [0.29, 0.717) is 13.2 Å². The van der Waals surface area contributed by atoms with Crippen LogP contribution < -0.4 is 5.32 Å². The molecule has 128 valence electrons. The third-order valence-corrected chi connectivity index (χ3v) is 4.20. The Balaban J connectivity index is 1.85. The van der Waals surface area contributed by atoms with Crippen molar-refractivity contribution >= 4 is 11.7 Å². The van der Waals surface area contributed by atoms with Crippen LogP contribution in [0.2, 0.25) is 0 Å². The molecule has 1 aliphatic heterocycles. The number of rotatable bonds is 4. The van der Waals surface area contributed by atoms with Gasteiger partial charge in [-0.2, -0.15) is 5.10 Å². The van der Waals surface area contributed by atoms with Crippen molar-refractivity contribution in [3.8, 4) is 0 Å². The monoisotopic (exact) mass is 327 g/mol. The summed E-state index contributed by atoms with van der Waals surface area (Å²) in [6, 6.07) is 12.1. The number of nitrogens with zero attached hydrogens (tertiary/aromatic N) is 2. The number of aromatic nitrogens is 2. The minimum absolute atomic E-state index is 0.0781. The molecule has 1 fully saturated rings. The molecule has 5 heteroatoms. The van der Waals surface area contributed by atoms with E-state index in [1.165, 1.54) is 0 Å². The summed E-state index contributed by atoms with van der Waals surface area (Å²) < 4.78 is 7.34. The molecular weight excluding hydrogens is 302 g/mol. The van der Waals surface area contributed by atoms with Crippen LogP contribution in [-0.2, 0) is 21.5 Å². The summed E-state index contributed by atoms with van der Waals surface area (Å²) in [5.41, 5.74) is 2.03. The molecular formula is C19H25N3O2. The molecule has 0 saturated carbocycles. The largest absolute Gasteiger partial charge is 0.368 e. The molecule has 0 aliphatic carbocycles. The van der Waals surface area contributed by atoms with Crippen molar-refractivity contribution in [1.82, 2.24) is 9.78 Å². The third-order valence-electron chi connectivity index (χ3n) is 4.20. The van der Waals surface area contributed by atoms with E-state index in [4.69, 9.17) is 9.84 Å². The number of benzene rings is 1. The predicted octanol–water partition coefficient (Wildman–Crippen LogP) is 3.35. The molecule has 1 aromatic carbocycles. The summed E-state index contributed by atoms with van der Waals surface area (Å²) in [6.07, 6.45) is 1.38. The first-order chi connectivity index (χ1) is 11.4. The zero-order chi connectivity index (χ0) is 17.2. The van der Waals surface area contributed by atoms with E-state index in [1.807, 2.05) is 28.9 Å². The van der Waals surface area contributed by atoms with E-state index >= 15 is 0 Å².